The van der Waals surface area contributed by atoms with E-state index >= 15 is 0 Å². The summed E-state index contributed by atoms with van der Waals surface area (Å²) in [7, 11) is 0. The fourth-order valence-electron chi connectivity index (χ4n) is 1.67. The lowest BCUT2D eigenvalue weighted by Gasteiger charge is -2.10. The van der Waals surface area contributed by atoms with Crippen molar-refractivity contribution in [2.75, 3.05) is 55.2 Å². The van der Waals surface area contributed by atoms with Gasteiger partial charge in [0, 0.05) is 19.6 Å². The Kier molecular flexibility index (Phi) is 9.23. The van der Waals surface area contributed by atoms with Crippen molar-refractivity contribution < 1.29 is 0 Å². The Bertz CT molecular complexity index is 552. The second-order valence-electron chi connectivity index (χ2n) is 5.01. The van der Waals surface area contributed by atoms with Gasteiger partial charge in [-0.1, -0.05) is 0 Å². The number of nitrogens with one attached hydrogen (secondary N) is 3. The molecule has 1 heterocycles. The Labute approximate surface area is 156 Å². The van der Waals surface area contributed by atoms with E-state index in [9.17, 15) is 0 Å². The lowest BCUT2D eigenvalue weighted by molar-refractivity contribution is 0.926. The molecule has 1 rings (SSSR count). The first-order chi connectivity index (χ1) is 12.9. The van der Waals surface area contributed by atoms with E-state index in [0.717, 1.165) is 0 Å². The van der Waals surface area contributed by atoms with Crippen LogP contribution >= 0.6 is 0 Å². The van der Waals surface area contributed by atoms with Crippen molar-refractivity contribution in [3.05, 3.63) is 0 Å². The summed E-state index contributed by atoms with van der Waals surface area (Å²) in [6.07, 6.45) is 0. The van der Waals surface area contributed by atoms with Crippen LogP contribution < -0.4 is 50.4 Å². The smallest absolute Gasteiger partial charge is 0.229 e. The van der Waals surface area contributed by atoms with Gasteiger partial charge in [-0.25, -0.2) is 0 Å². The molecule has 1 aromatic rings. The van der Waals surface area contributed by atoms with Gasteiger partial charge in [-0.3, -0.25) is 15.0 Å². The van der Waals surface area contributed by atoms with Crippen LogP contribution in [0.3, 0.4) is 0 Å². The Hall–Kier alpha value is -3.78. The van der Waals surface area contributed by atoms with Crippen molar-refractivity contribution in [2.24, 2.45) is 49.4 Å². The fraction of sp³-hybridized carbons (Fsp3) is 0.500. The van der Waals surface area contributed by atoms with Crippen LogP contribution in [0, 0.1) is 0 Å². The van der Waals surface area contributed by atoms with Gasteiger partial charge in [0.05, 0.1) is 19.6 Å². The first-order valence-corrected chi connectivity index (χ1v) is 8.00. The molecule has 15 heteroatoms. The molecule has 0 aliphatic carbocycles. The maximum absolute atomic E-state index is 5.28. The number of hydrogen-bond donors (Lipinski definition) is 9. The number of nitrogens with two attached hydrogens (primary N) is 6. The van der Waals surface area contributed by atoms with Gasteiger partial charge in [-0.15, -0.1) is 0 Å². The van der Waals surface area contributed by atoms with Gasteiger partial charge < -0.3 is 50.4 Å². The van der Waals surface area contributed by atoms with Crippen LogP contribution in [0.1, 0.15) is 0 Å². The van der Waals surface area contributed by atoms with Crippen molar-refractivity contribution in [1.82, 2.24) is 15.0 Å². The van der Waals surface area contributed by atoms with Crippen molar-refractivity contribution in [3.8, 4) is 0 Å². The van der Waals surface area contributed by atoms with E-state index in [1.54, 1.807) is 0 Å². The van der Waals surface area contributed by atoms with Crippen molar-refractivity contribution in [1.29, 1.82) is 0 Å². The van der Waals surface area contributed by atoms with E-state index < -0.39 is 0 Å². The van der Waals surface area contributed by atoms with E-state index in [0.29, 0.717) is 57.1 Å². The van der Waals surface area contributed by atoms with E-state index in [1.807, 2.05) is 0 Å². The number of guanidine groups is 3. The zero-order valence-electron chi connectivity index (χ0n) is 14.9. The number of nitrogens with zero attached hydrogens (tertiary/aromatic N) is 6. The molecule has 0 fully saturated rings. The van der Waals surface area contributed by atoms with Gasteiger partial charge in [0.25, 0.3) is 0 Å². The zero-order valence-corrected chi connectivity index (χ0v) is 14.9. The average molecular weight is 381 g/mol. The normalized spacial score (nSPS) is 9.78. The number of anilines is 3. The second kappa shape index (κ2) is 11.7. The lowest BCUT2D eigenvalue weighted by Crippen LogP contribution is -2.24. The quantitative estimate of drug-likeness (QED) is 0.0949. The Morgan fingerprint density at radius 2 is 0.815 bits per heavy atom. The van der Waals surface area contributed by atoms with E-state index in [2.05, 4.69) is 45.9 Å². The molecular weight excluding hydrogens is 354 g/mol. The summed E-state index contributed by atoms with van der Waals surface area (Å²) in [5.41, 5.74) is 31.7. The summed E-state index contributed by atoms with van der Waals surface area (Å²) in [5, 5.41) is 9.01. The fourth-order valence-corrected chi connectivity index (χ4v) is 1.67. The molecule has 0 unspecified atom stereocenters. The summed E-state index contributed by atoms with van der Waals surface area (Å²) >= 11 is 0. The monoisotopic (exact) mass is 381 g/mol. The average Bonchev–Trinajstić information content (AvgIpc) is 2.59. The molecule has 0 bridgehead atoms. The topological polar surface area (TPSA) is 268 Å². The minimum Gasteiger partial charge on any atom is -0.370 e. The predicted molar refractivity (Wildman–Crippen MR) is 107 cm³/mol. The molecule has 0 aliphatic rings. The van der Waals surface area contributed by atoms with E-state index in [1.165, 1.54) is 0 Å². The third kappa shape index (κ3) is 10.6. The van der Waals surface area contributed by atoms with Gasteiger partial charge in [-0.2, -0.15) is 15.0 Å². The van der Waals surface area contributed by atoms with Crippen LogP contribution in [0.15, 0.2) is 15.0 Å². The van der Waals surface area contributed by atoms with E-state index in [-0.39, 0.29) is 17.9 Å². The molecule has 0 aliphatic heterocycles. The molecular formula is C12H27N15. The number of aliphatic imine (C=N–C) groups is 3. The minimum absolute atomic E-state index is 0.0108. The first kappa shape index (κ1) is 21.3. The minimum atomic E-state index is 0.0108. The van der Waals surface area contributed by atoms with Crippen molar-refractivity contribution in [3.63, 3.8) is 0 Å². The summed E-state index contributed by atoms with van der Waals surface area (Å²) in [5.74, 6) is 1.04. The maximum Gasteiger partial charge on any atom is 0.229 e. The zero-order chi connectivity index (χ0) is 20.1. The molecule has 0 radical (unpaired) electrons. The molecule has 0 amide bonds. The molecule has 0 atom stereocenters. The molecule has 0 aromatic carbocycles. The van der Waals surface area contributed by atoms with Crippen LogP contribution in [0.4, 0.5) is 17.8 Å². The van der Waals surface area contributed by atoms with Gasteiger partial charge in [0.15, 0.2) is 17.9 Å². The number of rotatable bonds is 12. The Balaban J connectivity index is 2.72. The number of aromatic nitrogens is 3. The molecule has 15 N–H and O–H groups in total. The summed E-state index contributed by atoms with van der Waals surface area (Å²) in [4.78, 5) is 24.4. The second-order valence-corrected chi connectivity index (χ2v) is 5.01. The SMILES string of the molecule is NC(N)=NCCNc1nc(NCCN=C(N)N)nc(NCCN=C(N)N)n1. The summed E-state index contributed by atoms with van der Waals surface area (Å²) in [6, 6.07) is 0. The molecule has 150 valence electrons. The van der Waals surface area contributed by atoms with Crippen LogP contribution in [-0.2, 0) is 0 Å². The summed E-state index contributed by atoms with van der Waals surface area (Å²) in [6.45, 7) is 2.41. The first-order valence-electron chi connectivity index (χ1n) is 8.00. The van der Waals surface area contributed by atoms with Crippen molar-refractivity contribution in [2.45, 2.75) is 0 Å². The molecule has 27 heavy (non-hydrogen) atoms. The highest BCUT2D eigenvalue weighted by Gasteiger charge is 2.06. The van der Waals surface area contributed by atoms with Gasteiger partial charge >= 0.3 is 0 Å². The Morgan fingerprint density at radius 1 is 0.556 bits per heavy atom. The molecule has 0 saturated carbocycles. The lowest BCUT2D eigenvalue weighted by atomic mass is 10.6. The standard InChI is InChI=1S/C12H27N15/c13-7(14)19-1-4-22-10-25-11(23-5-2-20-8(15)16)27-12(26-10)24-6-3-21-9(17)18/h1-6H2,(H4,13,14,19)(H4,15,16,20)(H4,17,18,21)(H3,22,23,24,25,26,27). The molecule has 15 nitrogen and oxygen atoms in total. The predicted octanol–water partition coefficient (Wildman–Crippen LogP) is -4.07. The molecule has 0 spiro atoms. The van der Waals surface area contributed by atoms with E-state index in [4.69, 9.17) is 34.4 Å². The third-order valence-electron chi connectivity index (χ3n) is 2.70. The van der Waals surface area contributed by atoms with Crippen LogP contribution in [-0.4, -0.2) is 72.1 Å². The largest absolute Gasteiger partial charge is 0.370 e. The highest BCUT2D eigenvalue weighted by Crippen LogP contribution is 2.08. The van der Waals surface area contributed by atoms with Crippen molar-refractivity contribution >= 4 is 35.7 Å². The van der Waals surface area contributed by atoms with Gasteiger partial charge in [-0.05, 0) is 0 Å². The van der Waals surface area contributed by atoms with Crippen LogP contribution in [0.25, 0.3) is 0 Å². The molecule has 1 aromatic heterocycles. The Morgan fingerprint density at radius 3 is 1.04 bits per heavy atom. The molecule has 0 saturated heterocycles. The van der Waals surface area contributed by atoms with Crippen LogP contribution in [0.2, 0.25) is 0 Å². The maximum atomic E-state index is 5.28. The highest BCUT2D eigenvalue weighted by atomic mass is 15.3. The summed E-state index contributed by atoms with van der Waals surface area (Å²) < 4.78 is 0. The van der Waals surface area contributed by atoms with Gasteiger partial charge in [0.1, 0.15) is 0 Å². The number of hydrogen-bond acceptors (Lipinski definition) is 9. The highest BCUT2D eigenvalue weighted by molar-refractivity contribution is 5.76. The van der Waals surface area contributed by atoms with Gasteiger partial charge in [0.2, 0.25) is 17.8 Å². The third-order valence-corrected chi connectivity index (χ3v) is 2.70. The van der Waals surface area contributed by atoms with Crippen LogP contribution in [0.5, 0.6) is 0 Å².